The SMILES string of the molecule is CN(C)S(=O)(=O)c1ccc(Cl)c(C(=O)Nc2ncc(Cc3ccc(F)cc3)s2)c1. The highest BCUT2D eigenvalue weighted by atomic mass is 35.5. The average molecular weight is 454 g/mol. The zero-order valence-electron chi connectivity index (χ0n) is 15.5. The largest absolute Gasteiger partial charge is 0.298 e. The van der Waals surface area contributed by atoms with Gasteiger partial charge in [-0.2, -0.15) is 0 Å². The molecular formula is C19H17ClFN3O3S2. The Balaban J connectivity index is 1.77. The van der Waals surface area contributed by atoms with Gasteiger partial charge >= 0.3 is 0 Å². The lowest BCUT2D eigenvalue weighted by Crippen LogP contribution is -2.23. The first-order valence-corrected chi connectivity index (χ1v) is 11.0. The van der Waals surface area contributed by atoms with Crippen molar-refractivity contribution in [2.75, 3.05) is 19.4 Å². The second-order valence-corrected chi connectivity index (χ2v) is 9.99. The Morgan fingerprint density at radius 1 is 1.21 bits per heavy atom. The molecule has 0 aliphatic carbocycles. The summed E-state index contributed by atoms with van der Waals surface area (Å²) in [6.07, 6.45) is 2.17. The smallest absolute Gasteiger partial charge is 0.259 e. The Labute approximate surface area is 177 Å². The molecule has 0 atom stereocenters. The maximum absolute atomic E-state index is 13.0. The van der Waals surface area contributed by atoms with E-state index in [0.717, 1.165) is 14.7 Å². The van der Waals surface area contributed by atoms with Crippen LogP contribution in [-0.4, -0.2) is 37.7 Å². The lowest BCUT2D eigenvalue weighted by molar-refractivity contribution is 0.102. The molecule has 0 spiro atoms. The Kier molecular flexibility index (Phi) is 6.33. The number of sulfonamides is 1. The summed E-state index contributed by atoms with van der Waals surface area (Å²) in [5.41, 5.74) is 0.947. The fourth-order valence-electron chi connectivity index (χ4n) is 2.46. The molecule has 0 radical (unpaired) electrons. The van der Waals surface area contributed by atoms with E-state index in [1.54, 1.807) is 18.3 Å². The van der Waals surface area contributed by atoms with Crippen LogP contribution in [0.4, 0.5) is 9.52 Å². The van der Waals surface area contributed by atoms with Crippen LogP contribution in [0.3, 0.4) is 0 Å². The molecule has 0 bridgehead atoms. The number of aromatic nitrogens is 1. The number of rotatable bonds is 6. The van der Waals surface area contributed by atoms with Gasteiger partial charge in [0.05, 0.1) is 15.5 Å². The van der Waals surface area contributed by atoms with Gasteiger partial charge in [0.15, 0.2) is 5.13 Å². The Hall–Kier alpha value is -2.33. The van der Waals surface area contributed by atoms with Crippen molar-refractivity contribution < 1.29 is 17.6 Å². The lowest BCUT2D eigenvalue weighted by Gasteiger charge is -2.13. The number of anilines is 1. The summed E-state index contributed by atoms with van der Waals surface area (Å²) in [6, 6.07) is 10.1. The average Bonchev–Trinajstić information content (AvgIpc) is 3.10. The molecule has 6 nitrogen and oxygen atoms in total. The van der Waals surface area contributed by atoms with E-state index in [2.05, 4.69) is 10.3 Å². The molecule has 2 aromatic carbocycles. The van der Waals surface area contributed by atoms with Gasteiger partial charge in [0, 0.05) is 31.6 Å². The first kappa shape index (κ1) is 21.4. The highest BCUT2D eigenvalue weighted by Gasteiger charge is 2.21. The summed E-state index contributed by atoms with van der Waals surface area (Å²) in [5.74, 6) is -0.866. The molecule has 1 heterocycles. The van der Waals surface area contributed by atoms with Gasteiger partial charge < -0.3 is 0 Å². The third-order valence-electron chi connectivity index (χ3n) is 4.03. The third kappa shape index (κ3) is 4.99. The molecule has 0 saturated heterocycles. The molecule has 10 heteroatoms. The molecule has 1 amide bonds. The van der Waals surface area contributed by atoms with E-state index in [4.69, 9.17) is 11.6 Å². The van der Waals surface area contributed by atoms with Crippen molar-refractivity contribution in [2.24, 2.45) is 0 Å². The van der Waals surface area contributed by atoms with Gasteiger partial charge in [0.2, 0.25) is 10.0 Å². The summed E-state index contributed by atoms with van der Waals surface area (Å²) < 4.78 is 38.6. The quantitative estimate of drug-likeness (QED) is 0.611. The first-order valence-electron chi connectivity index (χ1n) is 8.39. The molecule has 0 fully saturated rings. The van der Waals surface area contributed by atoms with Crippen LogP contribution in [-0.2, 0) is 16.4 Å². The van der Waals surface area contributed by atoms with Crippen molar-refractivity contribution in [3.05, 3.63) is 75.5 Å². The Bertz CT molecular complexity index is 1150. The summed E-state index contributed by atoms with van der Waals surface area (Å²) in [4.78, 5) is 17.6. The lowest BCUT2D eigenvalue weighted by atomic mass is 10.1. The molecule has 0 unspecified atom stereocenters. The predicted octanol–water partition coefficient (Wildman–Crippen LogP) is 4.03. The van der Waals surface area contributed by atoms with Crippen LogP contribution in [0, 0.1) is 5.82 Å². The fraction of sp³-hybridized carbons (Fsp3) is 0.158. The normalized spacial score (nSPS) is 11.6. The van der Waals surface area contributed by atoms with E-state index in [9.17, 15) is 17.6 Å². The van der Waals surface area contributed by atoms with Crippen molar-refractivity contribution in [2.45, 2.75) is 11.3 Å². The zero-order valence-corrected chi connectivity index (χ0v) is 17.9. The predicted molar refractivity (Wildman–Crippen MR) is 112 cm³/mol. The van der Waals surface area contributed by atoms with Gasteiger partial charge in [0.1, 0.15) is 5.82 Å². The van der Waals surface area contributed by atoms with Crippen LogP contribution in [0.15, 0.2) is 53.6 Å². The highest BCUT2D eigenvalue weighted by Crippen LogP contribution is 2.25. The third-order valence-corrected chi connectivity index (χ3v) is 7.08. The summed E-state index contributed by atoms with van der Waals surface area (Å²) in [7, 11) is -0.892. The molecule has 3 aromatic rings. The molecule has 1 N–H and O–H groups in total. The van der Waals surface area contributed by atoms with Crippen molar-refractivity contribution in [3.63, 3.8) is 0 Å². The van der Waals surface area contributed by atoms with Crippen LogP contribution < -0.4 is 5.32 Å². The molecule has 3 rings (SSSR count). The Morgan fingerprint density at radius 3 is 2.55 bits per heavy atom. The fourth-order valence-corrected chi connectivity index (χ4v) is 4.44. The van der Waals surface area contributed by atoms with Crippen LogP contribution in [0.2, 0.25) is 5.02 Å². The van der Waals surface area contributed by atoms with Gasteiger partial charge in [-0.1, -0.05) is 23.7 Å². The minimum absolute atomic E-state index is 0.0323. The molecule has 0 aliphatic rings. The molecule has 1 aromatic heterocycles. The second kappa shape index (κ2) is 8.58. The maximum atomic E-state index is 13.0. The van der Waals surface area contributed by atoms with Gasteiger partial charge in [-0.3, -0.25) is 10.1 Å². The van der Waals surface area contributed by atoms with Crippen LogP contribution in [0.1, 0.15) is 20.8 Å². The van der Waals surface area contributed by atoms with E-state index in [-0.39, 0.29) is 21.3 Å². The minimum atomic E-state index is -3.70. The minimum Gasteiger partial charge on any atom is -0.298 e. The van der Waals surface area contributed by atoms with Crippen LogP contribution in [0.25, 0.3) is 0 Å². The number of carbonyl (C=O) groups excluding carboxylic acids is 1. The van der Waals surface area contributed by atoms with E-state index >= 15 is 0 Å². The highest BCUT2D eigenvalue weighted by molar-refractivity contribution is 7.89. The standard InChI is InChI=1S/C19H17ClFN3O3S2/c1-24(2)29(26,27)15-7-8-17(20)16(10-15)18(25)23-19-22-11-14(28-19)9-12-3-5-13(21)6-4-12/h3-8,10-11H,9H2,1-2H3,(H,22,23,25). The number of nitrogens with zero attached hydrogens (tertiary/aromatic N) is 2. The van der Waals surface area contributed by atoms with Crippen molar-refractivity contribution in [1.82, 2.24) is 9.29 Å². The number of amides is 1. The van der Waals surface area contributed by atoms with Gasteiger partial charge in [-0.15, -0.1) is 11.3 Å². The van der Waals surface area contributed by atoms with E-state index < -0.39 is 15.9 Å². The van der Waals surface area contributed by atoms with Crippen LogP contribution >= 0.6 is 22.9 Å². The number of nitrogens with one attached hydrogen (secondary N) is 1. The molecule has 29 heavy (non-hydrogen) atoms. The number of benzene rings is 2. The zero-order chi connectivity index (χ0) is 21.2. The molecular weight excluding hydrogens is 437 g/mol. The Morgan fingerprint density at radius 2 is 1.90 bits per heavy atom. The second-order valence-electron chi connectivity index (χ2n) is 6.32. The summed E-state index contributed by atoms with van der Waals surface area (Å²) in [5, 5.41) is 3.12. The number of thiazole rings is 1. The van der Waals surface area contributed by atoms with Crippen LogP contribution in [0.5, 0.6) is 0 Å². The van der Waals surface area contributed by atoms with E-state index in [1.165, 1.54) is 55.8 Å². The topological polar surface area (TPSA) is 79.4 Å². The number of halogens is 2. The monoisotopic (exact) mass is 453 g/mol. The van der Waals surface area contributed by atoms with Crippen molar-refractivity contribution in [1.29, 1.82) is 0 Å². The summed E-state index contributed by atoms with van der Waals surface area (Å²) in [6.45, 7) is 0. The van der Waals surface area contributed by atoms with E-state index in [1.807, 2.05) is 0 Å². The number of carbonyl (C=O) groups is 1. The van der Waals surface area contributed by atoms with E-state index in [0.29, 0.717) is 11.6 Å². The van der Waals surface area contributed by atoms with Crippen molar-refractivity contribution >= 4 is 44.0 Å². The van der Waals surface area contributed by atoms with Gasteiger partial charge in [-0.25, -0.2) is 22.1 Å². The molecule has 0 aliphatic heterocycles. The summed E-state index contributed by atoms with van der Waals surface area (Å²) >= 11 is 7.36. The number of hydrogen-bond donors (Lipinski definition) is 1. The first-order chi connectivity index (χ1) is 13.7. The van der Waals surface area contributed by atoms with Gasteiger partial charge in [0.25, 0.3) is 5.91 Å². The van der Waals surface area contributed by atoms with Gasteiger partial charge in [-0.05, 0) is 35.9 Å². The number of hydrogen-bond acceptors (Lipinski definition) is 5. The maximum Gasteiger partial charge on any atom is 0.259 e. The van der Waals surface area contributed by atoms with Crippen molar-refractivity contribution in [3.8, 4) is 0 Å². The molecule has 152 valence electrons. The molecule has 0 saturated carbocycles.